The largest absolute Gasteiger partial charge is 0.368 e. The summed E-state index contributed by atoms with van der Waals surface area (Å²) in [7, 11) is 0. The predicted molar refractivity (Wildman–Crippen MR) is 42.8 cm³/mol. The third-order valence-corrected chi connectivity index (χ3v) is 2.33. The van der Waals surface area contributed by atoms with E-state index in [1.165, 1.54) is 0 Å². The Morgan fingerprint density at radius 1 is 1.33 bits per heavy atom. The summed E-state index contributed by atoms with van der Waals surface area (Å²) in [6.45, 7) is 0.484. The van der Waals surface area contributed by atoms with Gasteiger partial charge in [0, 0.05) is 5.56 Å². The number of hydrogen-bond donors (Lipinski definition) is 0. The third kappa shape index (κ3) is 1.36. The summed E-state index contributed by atoms with van der Waals surface area (Å²) < 4.78 is 30.9. The van der Waals surface area contributed by atoms with Crippen LogP contribution in [0.5, 0.6) is 0 Å². The molecule has 1 aromatic carbocycles. The van der Waals surface area contributed by atoms with Crippen molar-refractivity contribution < 1.29 is 13.5 Å². The Balaban J connectivity index is 2.47. The maximum atomic E-state index is 13.0. The van der Waals surface area contributed by atoms with Gasteiger partial charge in [0.05, 0.1) is 11.1 Å². The second-order valence-corrected chi connectivity index (χ2v) is 3.46. The monoisotopic (exact) mass is 234 g/mol. The molecule has 1 saturated heterocycles. The summed E-state index contributed by atoms with van der Waals surface area (Å²) in [5.74, 6) is -0.882. The molecule has 0 radical (unpaired) electrons. The second kappa shape index (κ2) is 2.78. The average molecular weight is 235 g/mol. The zero-order valence-electron chi connectivity index (χ0n) is 5.98. The molecule has 0 aliphatic carbocycles. The lowest BCUT2D eigenvalue weighted by Crippen LogP contribution is -1.90. The Morgan fingerprint density at radius 3 is 2.58 bits per heavy atom. The predicted octanol–water partition coefficient (Wildman–Crippen LogP) is 2.80. The van der Waals surface area contributed by atoms with Crippen LogP contribution in [0.25, 0.3) is 0 Å². The van der Waals surface area contributed by atoms with Crippen LogP contribution in [-0.4, -0.2) is 6.61 Å². The van der Waals surface area contributed by atoms with Gasteiger partial charge in [-0.2, -0.15) is 0 Å². The van der Waals surface area contributed by atoms with Crippen LogP contribution in [0.1, 0.15) is 11.7 Å². The minimum Gasteiger partial charge on any atom is -0.368 e. The number of hydrogen-bond acceptors (Lipinski definition) is 1. The quantitative estimate of drug-likeness (QED) is 0.538. The van der Waals surface area contributed by atoms with Crippen LogP contribution >= 0.6 is 15.9 Å². The smallest absolute Gasteiger partial charge is 0.137 e. The second-order valence-electron chi connectivity index (χ2n) is 2.61. The lowest BCUT2D eigenvalue weighted by molar-refractivity contribution is 0.406. The Kier molecular flexibility index (Phi) is 1.88. The lowest BCUT2D eigenvalue weighted by Gasteiger charge is -2.00. The van der Waals surface area contributed by atoms with Crippen LogP contribution in [0.4, 0.5) is 8.78 Å². The minimum absolute atomic E-state index is 0.143. The van der Waals surface area contributed by atoms with Gasteiger partial charge in [-0.1, -0.05) is 0 Å². The van der Waals surface area contributed by atoms with E-state index in [0.29, 0.717) is 12.2 Å². The number of halogens is 3. The van der Waals surface area contributed by atoms with Gasteiger partial charge >= 0.3 is 0 Å². The van der Waals surface area contributed by atoms with E-state index in [0.717, 1.165) is 12.1 Å². The molecule has 1 aliphatic heterocycles. The summed E-state index contributed by atoms with van der Waals surface area (Å²) in [6, 6.07) is 2.28. The van der Waals surface area contributed by atoms with Gasteiger partial charge in [0.1, 0.15) is 17.7 Å². The molecule has 1 aliphatic rings. The van der Waals surface area contributed by atoms with Crippen molar-refractivity contribution >= 4 is 15.9 Å². The Labute approximate surface area is 76.5 Å². The van der Waals surface area contributed by atoms with Crippen LogP contribution in [0, 0.1) is 11.6 Å². The van der Waals surface area contributed by atoms with Crippen LogP contribution in [0.15, 0.2) is 16.6 Å². The zero-order valence-corrected chi connectivity index (χ0v) is 7.57. The fraction of sp³-hybridized carbons (Fsp3) is 0.250. The van der Waals surface area contributed by atoms with Gasteiger partial charge in [-0.25, -0.2) is 8.78 Å². The maximum Gasteiger partial charge on any atom is 0.137 e. The molecule has 12 heavy (non-hydrogen) atoms. The summed E-state index contributed by atoms with van der Waals surface area (Å²) in [6.07, 6.45) is -0.243. The highest BCUT2D eigenvalue weighted by Gasteiger charge is 2.28. The van der Waals surface area contributed by atoms with Crippen molar-refractivity contribution in [3.05, 3.63) is 33.8 Å². The molecule has 1 heterocycles. The summed E-state index contributed by atoms with van der Waals surface area (Å²) in [4.78, 5) is 0. The van der Waals surface area contributed by atoms with Gasteiger partial charge in [0.25, 0.3) is 0 Å². The summed E-state index contributed by atoms with van der Waals surface area (Å²) in [5.41, 5.74) is 0.302. The molecule has 0 unspecified atom stereocenters. The Morgan fingerprint density at radius 2 is 2.00 bits per heavy atom. The first-order chi connectivity index (χ1) is 5.68. The molecule has 0 aromatic heterocycles. The van der Waals surface area contributed by atoms with Crippen LogP contribution in [0.3, 0.4) is 0 Å². The molecule has 0 spiro atoms. The topological polar surface area (TPSA) is 12.5 Å². The molecule has 0 amide bonds. The average Bonchev–Trinajstić information content (AvgIpc) is 2.79. The number of rotatable bonds is 1. The van der Waals surface area contributed by atoms with Gasteiger partial charge < -0.3 is 4.74 Å². The molecule has 1 fully saturated rings. The Hall–Kier alpha value is -0.480. The van der Waals surface area contributed by atoms with Gasteiger partial charge in [-0.05, 0) is 28.1 Å². The van der Waals surface area contributed by atoms with Crippen LogP contribution in [-0.2, 0) is 4.74 Å². The van der Waals surface area contributed by atoms with Crippen LogP contribution in [0.2, 0.25) is 0 Å². The van der Waals surface area contributed by atoms with E-state index < -0.39 is 11.6 Å². The van der Waals surface area contributed by atoms with Crippen molar-refractivity contribution in [3.8, 4) is 0 Å². The van der Waals surface area contributed by atoms with Crippen LogP contribution < -0.4 is 0 Å². The van der Waals surface area contributed by atoms with Crippen molar-refractivity contribution in [2.24, 2.45) is 0 Å². The van der Waals surface area contributed by atoms with E-state index in [4.69, 9.17) is 4.74 Å². The summed E-state index contributed by atoms with van der Waals surface area (Å²) in [5, 5.41) is 0. The number of ether oxygens (including phenoxy) is 1. The van der Waals surface area contributed by atoms with E-state index in [-0.39, 0.29) is 10.6 Å². The SMILES string of the molecule is Fc1cc([C@H]2CO2)c(F)cc1Br. The molecular weight excluding hydrogens is 230 g/mol. The highest BCUT2D eigenvalue weighted by Crippen LogP contribution is 2.33. The first kappa shape index (κ1) is 8.13. The minimum atomic E-state index is -0.457. The molecule has 64 valence electrons. The van der Waals surface area contributed by atoms with Crippen molar-refractivity contribution in [1.82, 2.24) is 0 Å². The molecule has 1 nitrogen and oxygen atoms in total. The standard InChI is InChI=1S/C8H5BrF2O/c9-5-2-6(10)4(1-7(5)11)8-3-12-8/h1-2,8H,3H2/t8-/m1/s1. The number of benzene rings is 1. The molecule has 1 aromatic rings. The van der Waals surface area contributed by atoms with Gasteiger partial charge in [-0.15, -0.1) is 0 Å². The molecule has 0 N–H and O–H groups in total. The molecule has 4 heteroatoms. The molecule has 1 atom stereocenters. The highest BCUT2D eigenvalue weighted by molar-refractivity contribution is 9.10. The highest BCUT2D eigenvalue weighted by atomic mass is 79.9. The van der Waals surface area contributed by atoms with Crippen molar-refractivity contribution in [2.75, 3.05) is 6.61 Å². The zero-order chi connectivity index (χ0) is 8.72. The fourth-order valence-electron chi connectivity index (χ4n) is 1.01. The molecular formula is C8H5BrF2O. The number of epoxide rings is 1. The van der Waals surface area contributed by atoms with Gasteiger partial charge in [-0.3, -0.25) is 0 Å². The van der Waals surface area contributed by atoms with E-state index in [9.17, 15) is 8.78 Å². The first-order valence-corrected chi connectivity index (χ1v) is 4.24. The molecule has 0 saturated carbocycles. The van der Waals surface area contributed by atoms with E-state index in [2.05, 4.69) is 15.9 Å². The maximum absolute atomic E-state index is 13.0. The molecule has 2 rings (SSSR count). The van der Waals surface area contributed by atoms with Gasteiger partial charge in [0.2, 0.25) is 0 Å². The van der Waals surface area contributed by atoms with E-state index in [1.54, 1.807) is 0 Å². The first-order valence-electron chi connectivity index (χ1n) is 3.44. The summed E-state index contributed by atoms with van der Waals surface area (Å²) >= 11 is 2.89. The fourth-order valence-corrected chi connectivity index (χ4v) is 1.33. The van der Waals surface area contributed by atoms with E-state index >= 15 is 0 Å². The van der Waals surface area contributed by atoms with Crippen molar-refractivity contribution in [3.63, 3.8) is 0 Å². The van der Waals surface area contributed by atoms with Gasteiger partial charge in [0.15, 0.2) is 0 Å². The molecule has 0 bridgehead atoms. The van der Waals surface area contributed by atoms with Crippen molar-refractivity contribution in [1.29, 1.82) is 0 Å². The third-order valence-electron chi connectivity index (χ3n) is 1.72. The normalized spacial score (nSPS) is 21.1. The van der Waals surface area contributed by atoms with Crippen molar-refractivity contribution in [2.45, 2.75) is 6.10 Å². The Bertz CT molecular complexity index is 323. The lowest BCUT2D eigenvalue weighted by atomic mass is 10.1. The van der Waals surface area contributed by atoms with E-state index in [1.807, 2.05) is 0 Å².